The Morgan fingerprint density at radius 2 is 2.31 bits per heavy atom. The average Bonchev–Trinajstić information content (AvgIpc) is 2.54. The van der Waals surface area contributed by atoms with E-state index in [0.717, 1.165) is 5.39 Å². The number of hydrogen-bond acceptors (Lipinski definition) is 4. The van der Waals surface area contributed by atoms with Crippen LogP contribution in [0.3, 0.4) is 0 Å². The second kappa shape index (κ2) is 2.58. The topological polar surface area (TPSA) is 68.6 Å². The summed E-state index contributed by atoms with van der Waals surface area (Å²) in [6.45, 7) is 0. The molecule has 0 saturated carbocycles. The summed E-state index contributed by atoms with van der Waals surface area (Å²) in [5.41, 5.74) is 6.39. The minimum Gasteiger partial charge on any atom is -0.505 e. The molecule has 2 rings (SSSR count). The van der Waals surface area contributed by atoms with E-state index in [2.05, 4.69) is 0 Å². The van der Waals surface area contributed by atoms with Crippen LogP contribution in [0.15, 0.2) is 22.8 Å². The van der Waals surface area contributed by atoms with Gasteiger partial charge in [-0.15, -0.1) is 0 Å². The lowest BCUT2D eigenvalue weighted by Crippen LogP contribution is -1.92. The number of rotatable bonds is 1. The van der Waals surface area contributed by atoms with Crippen LogP contribution in [-0.4, -0.2) is 12.2 Å². The van der Waals surface area contributed by atoms with Crippen LogP contribution in [0, 0.1) is 0 Å². The Bertz CT molecular complexity index is 447. The lowest BCUT2D eigenvalue weighted by molar-refractivity contribution is 0.415. The number of anilines is 1. The number of fused-ring (bicyclic) bond motifs is 1. The Labute approximate surface area is 74.5 Å². The van der Waals surface area contributed by atoms with Crippen LogP contribution in [0.4, 0.5) is 5.69 Å². The summed E-state index contributed by atoms with van der Waals surface area (Å²) < 4.78 is 10.2. The molecule has 0 saturated heterocycles. The fourth-order valence-corrected chi connectivity index (χ4v) is 1.30. The molecule has 0 aliphatic rings. The van der Waals surface area contributed by atoms with Crippen molar-refractivity contribution in [2.24, 2.45) is 0 Å². The highest BCUT2D eigenvalue weighted by atomic mass is 16.5. The predicted octanol–water partition coefficient (Wildman–Crippen LogP) is 1.73. The van der Waals surface area contributed by atoms with Crippen molar-refractivity contribution in [1.29, 1.82) is 0 Å². The van der Waals surface area contributed by atoms with E-state index in [1.54, 1.807) is 6.07 Å². The van der Waals surface area contributed by atoms with Crippen molar-refractivity contribution in [2.45, 2.75) is 0 Å². The molecule has 0 fully saturated rings. The molecule has 68 valence electrons. The van der Waals surface area contributed by atoms with E-state index < -0.39 is 0 Å². The molecule has 1 heterocycles. The van der Waals surface area contributed by atoms with E-state index in [-0.39, 0.29) is 11.4 Å². The SMILES string of the molecule is COc1c(N)c(O)cc2occc12. The first-order chi connectivity index (χ1) is 6.24. The molecule has 1 aromatic carbocycles. The van der Waals surface area contributed by atoms with Crippen molar-refractivity contribution in [1.82, 2.24) is 0 Å². The normalized spacial score (nSPS) is 10.5. The number of phenols is 1. The molecular weight excluding hydrogens is 170 g/mol. The second-order valence-electron chi connectivity index (χ2n) is 2.68. The van der Waals surface area contributed by atoms with Gasteiger partial charge in [0.25, 0.3) is 0 Å². The van der Waals surface area contributed by atoms with Gasteiger partial charge in [-0.05, 0) is 6.07 Å². The number of methoxy groups -OCH3 is 1. The van der Waals surface area contributed by atoms with Crippen molar-refractivity contribution >= 4 is 16.7 Å². The largest absolute Gasteiger partial charge is 0.505 e. The van der Waals surface area contributed by atoms with Gasteiger partial charge in [-0.1, -0.05) is 0 Å². The predicted molar refractivity (Wildman–Crippen MR) is 48.8 cm³/mol. The maximum atomic E-state index is 9.38. The fraction of sp³-hybridized carbons (Fsp3) is 0.111. The summed E-state index contributed by atoms with van der Waals surface area (Å²) in [5.74, 6) is 0.419. The van der Waals surface area contributed by atoms with Gasteiger partial charge in [0.2, 0.25) is 0 Å². The molecule has 2 aromatic rings. The Balaban J connectivity index is 2.87. The highest BCUT2D eigenvalue weighted by Crippen LogP contribution is 2.38. The molecule has 0 spiro atoms. The average molecular weight is 179 g/mol. The summed E-state index contributed by atoms with van der Waals surface area (Å²) in [7, 11) is 1.50. The number of aromatic hydroxyl groups is 1. The van der Waals surface area contributed by atoms with Gasteiger partial charge < -0.3 is 20.0 Å². The third-order valence-electron chi connectivity index (χ3n) is 1.93. The van der Waals surface area contributed by atoms with E-state index in [0.29, 0.717) is 11.3 Å². The standard InChI is InChI=1S/C9H9NO3/c1-12-9-5-2-3-13-7(5)4-6(11)8(9)10/h2-4,11H,10H2,1H3. The molecule has 4 nitrogen and oxygen atoms in total. The molecule has 0 amide bonds. The van der Waals surface area contributed by atoms with Crippen molar-refractivity contribution in [3.63, 3.8) is 0 Å². The number of phenolic OH excluding ortho intramolecular Hbond substituents is 1. The number of hydrogen-bond donors (Lipinski definition) is 2. The molecule has 0 atom stereocenters. The zero-order valence-electron chi connectivity index (χ0n) is 7.07. The molecule has 0 radical (unpaired) electrons. The van der Waals surface area contributed by atoms with Gasteiger partial charge in [0.05, 0.1) is 18.8 Å². The number of benzene rings is 1. The molecule has 0 aliphatic heterocycles. The molecule has 0 bridgehead atoms. The quantitative estimate of drug-likeness (QED) is 0.516. The van der Waals surface area contributed by atoms with Crippen LogP contribution in [0.25, 0.3) is 11.0 Å². The van der Waals surface area contributed by atoms with Crippen LogP contribution in [0.5, 0.6) is 11.5 Å². The van der Waals surface area contributed by atoms with Gasteiger partial charge in [-0.2, -0.15) is 0 Å². The zero-order valence-corrected chi connectivity index (χ0v) is 7.07. The fourth-order valence-electron chi connectivity index (χ4n) is 1.30. The van der Waals surface area contributed by atoms with Crippen molar-refractivity contribution in [3.05, 3.63) is 18.4 Å². The first-order valence-corrected chi connectivity index (χ1v) is 3.76. The molecule has 1 aromatic heterocycles. The third kappa shape index (κ3) is 0.989. The van der Waals surface area contributed by atoms with E-state index in [9.17, 15) is 5.11 Å². The van der Waals surface area contributed by atoms with Gasteiger partial charge in [-0.3, -0.25) is 0 Å². The Hall–Kier alpha value is -1.84. The van der Waals surface area contributed by atoms with Crippen molar-refractivity contribution in [2.75, 3.05) is 12.8 Å². The third-order valence-corrected chi connectivity index (χ3v) is 1.93. The smallest absolute Gasteiger partial charge is 0.156 e. The van der Waals surface area contributed by atoms with Crippen LogP contribution in [0.2, 0.25) is 0 Å². The van der Waals surface area contributed by atoms with Gasteiger partial charge in [0.15, 0.2) is 5.75 Å². The zero-order chi connectivity index (χ0) is 9.42. The summed E-state index contributed by atoms with van der Waals surface area (Å²) in [6, 6.07) is 3.21. The minimum atomic E-state index is -0.0284. The van der Waals surface area contributed by atoms with Gasteiger partial charge in [0.1, 0.15) is 17.0 Å². The summed E-state index contributed by atoms with van der Waals surface area (Å²) >= 11 is 0. The number of nitrogens with two attached hydrogens (primary N) is 1. The monoisotopic (exact) mass is 179 g/mol. The van der Waals surface area contributed by atoms with E-state index in [1.807, 2.05) is 0 Å². The molecular formula is C9H9NO3. The Morgan fingerprint density at radius 1 is 1.54 bits per heavy atom. The lowest BCUT2D eigenvalue weighted by atomic mass is 10.2. The molecule has 0 unspecified atom stereocenters. The van der Waals surface area contributed by atoms with Crippen LogP contribution < -0.4 is 10.5 Å². The van der Waals surface area contributed by atoms with E-state index >= 15 is 0 Å². The molecule has 13 heavy (non-hydrogen) atoms. The van der Waals surface area contributed by atoms with Crippen LogP contribution in [0.1, 0.15) is 0 Å². The van der Waals surface area contributed by atoms with Crippen LogP contribution >= 0.6 is 0 Å². The highest BCUT2D eigenvalue weighted by Gasteiger charge is 2.12. The lowest BCUT2D eigenvalue weighted by Gasteiger charge is -2.06. The number of furan rings is 1. The Kier molecular flexibility index (Phi) is 1.55. The number of nitrogen functional groups attached to an aromatic ring is 1. The summed E-state index contributed by atoms with van der Waals surface area (Å²) in [5, 5.41) is 10.1. The first-order valence-electron chi connectivity index (χ1n) is 3.76. The van der Waals surface area contributed by atoms with Gasteiger partial charge in [-0.25, -0.2) is 0 Å². The van der Waals surface area contributed by atoms with Crippen molar-refractivity contribution in [3.8, 4) is 11.5 Å². The molecule has 3 N–H and O–H groups in total. The minimum absolute atomic E-state index is 0.0284. The van der Waals surface area contributed by atoms with Gasteiger partial charge in [0, 0.05) is 6.07 Å². The number of ether oxygens (including phenoxy) is 1. The van der Waals surface area contributed by atoms with E-state index in [1.165, 1.54) is 19.4 Å². The Morgan fingerprint density at radius 3 is 3.00 bits per heavy atom. The molecule has 0 aliphatic carbocycles. The van der Waals surface area contributed by atoms with Crippen molar-refractivity contribution < 1.29 is 14.3 Å². The maximum absolute atomic E-state index is 9.38. The first kappa shape index (κ1) is 7.79. The highest BCUT2D eigenvalue weighted by molar-refractivity contribution is 5.92. The van der Waals surface area contributed by atoms with E-state index in [4.69, 9.17) is 14.9 Å². The van der Waals surface area contributed by atoms with Gasteiger partial charge >= 0.3 is 0 Å². The maximum Gasteiger partial charge on any atom is 0.156 e. The summed E-state index contributed by atoms with van der Waals surface area (Å²) in [4.78, 5) is 0. The van der Waals surface area contributed by atoms with Crippen LogP contribution in [-0.2, 0) is 0 Å². The molecule has 4 heteroatoms. The second-order valence-corrected chi connectivity index (χ2v) is 2.68. The summed E-state index contributed by atoms with van der Waals surface area (Å²) in [6.07, 6.45) is 1.52.